The topological polar surface area (TPSA) is 46.5 Å². The number of rotatable bonds is 3. The molecule has 0 aliphatic heterocycles. The zero-order valence-electron chi connectivity index (χ0n) is 12.4. The molecule has 3 nitrogen and oxygen atoms in total. The first-order chi connectivity index (χ1) is 11.7. The lowest BCUT2D eigenvalue weighted by Crippen LogP contribution is -2.18. The van der Waals surface area contributed by atoms with Crippen molar-refractivity contribution >= 4 is 10.8 Å². The lowest BCUT2D eigenvalue weighted by atomic mass is 10.1. The third-order valence-corrected chi connectivity index (χ3v) is 4.92. The molecule has 0 spiro atoms. The van der Waals surface area contributed by atoms with E-state index >= 15 is 0 Å². The maximum atomic E-state index is 13.2. The summed E-state index contributed by atoms with van der Waals surface area (Å²) in [5.74, 6) is -1.87. The standard InChI is InChI=1S/C16H11F5O3S/c17-8-5-9(18)7-10(6-8)24-13-3-4-14(25(23)16(19,20)21)15-11(13)1-2-12(15)22/h3-7,12,22H,1-2H2. The number of benzene rings is 2. The number of hydrogen-bond donors (Lipinski definition) is 1. The molecule has 0 amide bonds. The summed E-state index contributed by atoms with van der Waals surface area (Å²) in [7, 11) is -3.30. The van der Waals surface area contributed by atoms with Crippen LogP contribution in [0.4, 0.5) is 22.0 Å². The molecule has 25 heavy (non-hydrogen) atoms. The van der Waals surface area contributed by atoms with Crippen molar-refractivity contribution in [2.24, 2.45) is 0 Å². The summed E-state index contributed by atoms with van der Waals surface area (Å²) < 4.78 is 81.8. The maximum Gasteiger partial charge on any atom is 0.475 e. The molecule has 0 saturated heterocycles. The fourth-order valence-electron chi connectivity index (χ4n) is 2.77. The van der Waals surface area contributed by atoms with E-state index in [1.807, 2.05) is 0 Å². The average molecular weight is 378 g/mol. The molecule has 134 valence electrons. The minimum absolute atomic E-state index is 0.0551. The van der Waals surface area contributed by atoms with E-state index in [9.17, 15) is 31.3 Å². The summed E-state index contributed by atoms with van der Waals surface area (Å²) in [6, 6.07) is 4.59. The zero-order chi connectivity index (χ0) is 18.4. The summed E-state index contributed by atoms with van der Waals surface area (Å²) in [6.45, 7) is 0. The Morgan fingerprint density at radius 2 is 1.76 bits per heavy atom. The molecule has 2 unspecified atom stereocenters. The quantitative estimate of drug-likeness (QED) is 0.807. The van der Waals surface area contributed by atoms with Gasteiger partial charge in [0.15, 0.2) is 10.8 Å². The lowest BCUT2D eigenvalue weighted by molar-refractivity contribution is -0.0385. The smallest absolute Gasteiger partial charge is 0.457 e. The van der Waals surface area contributed by atoms with Crippen LogP contribution in [0.3, 0.4) is 0 Å². The second-order valence-electron chi connectivity index (χ2n) is 5.43. The van der Waals surface area contributed by atoms with Crippen LogP contribution < -0.4 is 4.74 Å². The molecule has 0 heterocycles. The molecule has 1 N–H and O–H groups in total. The van der Waals surface area contributed by atoms with Gasteiger partial charge in [0.1, 0.15) is 23.1 Å². The van der Waals surface area contributed by atoms with Gasteiger partial charge in [0.2, 0.25) is 0 Å². The molecule has 0 fully saturated rings. The first-order valence-electron chi connectivity index (χ1n) is 7.13. The Labute approximate surface area is 141 Å². The van der Waals surface area contributed by atoms with Crippen molar-refractivity contribution in [1.29, 1.82) is 0 Å². The zero-order valence-corrected chi connectivity index (χ0v) is 13.3. The molecule has 0 aromatic heterocycles. The van der Waals surface area contributed by atoms with Crippen molar-refractivity contribution < 1.29 is 36.0 Å². The number of alkyl halides is 3. The highest BCUT2D eigenvalue weighted by Crippen LogP contribution is 2.43. The first kappa shape index (κ1) is 17.8. The normalized spacial score (nSPS) is 18.1. The highest BCUT2D eigenvalue weighted by molar-refractivity contribution is 7.86. The van der Waals surface area contributed by atoms with Crippen LogP contribution in [0.15, 0.2) is 35.2 Å². The summed E-state index contributed by atoms with van der Waals surface area (Å²) >= 11 is 0. The maximum absolute atomic E-state index is 13.2. The minimum Gasteiger partial charge on any atom is -0.457 e. The Kier molecular flexibility index (Phi) is 4.54. The number of aliphatic hydroxyl groups excluding tert-OH is 1. The van der Waals surface area contributed by atoms with Crippen molar-refractivity contribution in [3.63, 3.8) is 0 Å². The van der Waals surface area contributed by atoms with Gasteiger partial charge in [0, 0.05) is 29.3 Å². The van der Waals surface area contributed by atoms with Crippen molar-refractivity contribution in [1.82, 2.24) is 0 Å². The molecule has 1 aliphatic rings. The van der Waals surface area contributed by atoms with E-state index in [1.165, 1.54) is 0 Å². The van der Waals surface area contributed by atoms with E-state index in [1.54, 1.807) is 0 Å². The van der Waals surface area contributed by atoms with E-state index in [4.69, 9.17) is 4.74 Å². The van der Waals surface area contributed by atoms with E-state index < -0.39 is 38.9 Å². The van der Waals surface area contributed by atoms with Gasteiger partial charge in [-0.2, -0.15) is 13.2 Å². The van der Waals surface area contributed by atoms with Crippen LogP contribution in [0, 0.1) is 11.6 Å². The summed E-state index contributed by atoms with van der Waals surface area (Å²) in [5.41, 5.74) is -4.83. The Morgan fingerprint density at radius 1 is 1.12 bits per heavy atom. The Morgan fingerprint density at radius 3 is 2.36 bits per heavy atom. The van der Waals surface area contributed by atoms with Crippen LogP contribution in [-0.4, -0.2) is 14.8 Å². The summed E-state index contributed by atoms with van der Waals surface area (Å²) in [5, 5.41) is 9.98. The first-order valence-corrected chi connectivity index (χ1v) is 8.28. The Hall–Kier alpha value is -2.00. The van der Waals surface area contributed by atoms with Gasteiger partial charge in [-0.05, 0) is 25.0 Å². The third kappa shape index (κ3) is 3.52. The summed E-state index contributed by atoms with van der Waals surface area (Å²) in [6.07, 6.45) is -0.897. The largest absolute Gasteiger partial charge is 0.475 e. The monoisotopic (exact) mass is 378 g/mol. The number of aliphatic hydroxyl groups is 1. The molecule has 0 saturated carbocycles. The van der Waals surface area contributed by atoms with Gasteiger partial charge in [-0.3, -0.25) is 0 Å². The van der Waals surface area contributed by atoms with Crippen LogP contribution in [0.2, 0.25) is 0 Å². The fourth-order valence-corrected chi connectivity index (χ4v) is 3.67. The number of halogens is 5. The Balaban J connectivity index is 2.05. The molecule has 1 aliphatic carbocycles. The molecule has 3 rings (SSSR count). The molecule has 2 aromatic rings. The van der Waals surface area contributed by atoms with Gasteiger partial charge in [-0.25, -0.2) is 13.0 Å². The van der Waals surface area contributed by atoms with E-state index in [0.717, 1.165) is 24.3 Å². The summed E-state index contributed by atoms with van der Waals surface area (Å²) in [4.78, 5) is -0.537. The lowest BCUT2D eigenvalue weighted by Gasteiger charge is -2.16. The van der Waals surface area contributed by atoms with Gasteiger partial charge < -0.3 is 9.84 Å². The molecule has 2 aromatic carbocycles. The van der Waals surface area contributed by atoms with Crippen LogP contribution >= 0.6 is 0 Å². The number of fused-ring (bicyclic) bond motifs is 1. The molecule has 0 bridgehead atoms. The van der Waals surface area contributed by atoms with Crippen LogP contribution in [0.1, 0.15) is 23.7 Å². The van der Waals surface area contributed by atoms with E-state index in [0.29, 0.717) is 6.07 Å². The van der Waals surface area contributed by atoms with Gasteiger partial charge >= 0.3 is 5.51 Å². The van der Waals surface area contributed by atoms with Gasteiger partial charge in [0.25, 0.3) is 0 Å². The number of ether oxygens (including phenoxy) is 1. The minimum atomic E-state index is -4.97. The van der Waals surface area contributed by atoms with E-state index in [2.05, 4.69) is 0 Å². The second-order valence-corrected chi connectivity index (χ2v) is 6.87. The van der Waals surface area contributed by atoms with Crippen LogP contribution in [0.25, 0.3) is 0 Å². The highest BCUT2D eigenvalue weighted by atomic mass is 32.2. The van der Waals surface area contributed by atoms with Crippen LogP contribution in [0.5, 0.6) is 11.5 Å². The molecule has 2 atom stereocenters. The van der Waals surface area contributed by atoms with Crippen LogP contribution in [-0.2, 0) is 17.2 Å². The fraction of sp³-hybridized carbons (Fsp3) is 0.250. The second kappa shape index (κ2) is 6.38. The predicted octanol–water partition coefficient (Wildman–Crippen LogP) is 4.36. The molecular weight excluding hydrogens is 367 g/mol. The van der Waals surface area contributed by atoms with Crippen molar-refractivity contribution in [3.05, 3.63) is 53.1 Å². The molecule has 0 radical (unpaired) electrons. The molecule has 9 heteroatoms. The average Bonchev–Trinajstić information content (AvgIpc) is 2.88. The SMILES string of the molecule is O=S(c1ccc(Oc2cc(F)cc(F)c2)c2c1C(O)CC2)C(F)(F)F. The molecular formula is C16H11F5O3S. The number of hydrogen-bond acceptors (Lipinski definition) is 3. The van der Waals surface area contributed by atoms with Gasteiger partial charge in [-0.15, -0.1) is 0 Å². The van der Waals surface area contributed by atoms with Gasteiger partial charge in [-0.1, -0.05) is 0 Å². The van der Waals surface area contributed by atoms with Crippen molar-refractivity contribution in [3.8, 4) is 11.5 Å². The van der Waals surface area contributed by atoms with Crippen molar-refractivity contribution in [2.45, 2.75) is 29.3 Å². The Bertz CT molecular complexity index is 830. The predicted molar refractivity (Wildman–Crippen MR) is 78.6 cm³/mol. The van der Waals surface area contributed by atoms with Gasteiger partial charge in [0.05, 0.1) is 11.0 Å². The third-order valence-electron chi connectivity index (χ3n) is 3.75. The highest BCUT2D eigenvalue weighted by Gasteiger charge is 2.41. The van der Waals surface area contributed by atoms with Crippen molar-refractivity contribution in [2.75, 3.05) is 0 Å². The van der Waals surface area contributed by atoms with E-state index in [-0.39, 0.29) is 35.5 Å².